The molecule has 94 valence electrons. The molecule has 0 atom stereocenters. The molecule has 0 bridgehead atoms. The summed E-state index contributed by atoms with van der Waals surface area (Å²) in [6.07, 6.45) is 0.838. The first-order valence-electron chi connectivity index (χ1n) is 5.51. The van der Waals surface area contributed by atoms with Crippen LogP contribution in [0.1, 0.15) is 16.7 Å². The number of hydrogen-bond acceptors (Lipinski definition) is 4. The third kappa shape index (κ3) is 2.97. The van der Waals surface area contributed by atoms with E-state index in [9.17, 15) is 4.79 Å². The number of benzene rings is 1. The van der Waals surface area contributed by atoms with Gasteiger partial charge in [-0.3, -0.25) is 0 Å². The lowest BCUT2D eigenvalue weighted by atomic mass is 10.0. The zero-order valence-corrected chi connectivity index (χ0v) is 10.8. The first kappa shape index (κ1) is 13.5. The molecule has 0 aromatic heterocycles. The quantitative estimate of drug-likeness (QED) is 0.603. The topological polar surface area (TPSA) is 47.6 Å². The van der Waals surface area contributed by atoms with Crippen molar-refractivity contribution < 1.29 is 14.3 Å². The van der Waals surface area contributed by atoms with E-state index in [1.165, 1.54) is 0 Å². The number of hydrogen-bond donors (Lipinski definition) is 1. The molecule has 4 heteroatoms. The molecule has 1 aromatic rings. The Kier molecular flexibility index (Phi) is 4.97. The maximum absolute atomic E-state index is 10.3. The fraction of sp³-hybridized carbons (Fsp3) is 0.462. The predicted octanol–water partition coefficient (Wildman–Crippen LogP) is 1.61. The Morgan fingerprint density at radius 2 is 1.94 bits per heavy atom. The molecule has 0 aliphatic carbocycles. The standard InChI is InChI=1S/C13H19NO3/c1-9-10(2)13(17-4)11(7-12(9)16-3)8-14-5-6-15/h6-7,14H,5,8H2,1-4H3. The second-order valence-corrected chi connectivity index (χ2v) is 3.82. The van der Waals surface area contributed by atoms with Crippen molar-refractivity contribution in [2.24, 2.45) is 0 Å². The fourth-order valence-corrected chi connectivity index (χ4v) is 1.82. The SMILES string of the molecule is COc1cc(CNCC=O)c(OC)c(C)c1C. The Bertz CT molecular complexity index is 402. The van der Waals surface area contributed by atoms with Gasteiger partial charge in [0.2, 0.25) is 0 Å². The van der Waals surface area contributed by atoms with Gasteiger partial charge in [0.15, 0.2) is 0 Å². The second kappa shape index (κ2) is 6.25. The molecule has 17 heavy (non-hydrogen) atoms. The van der Waals surface area contributed by atoms with Crippen LogP contribution in [-0.2, 0) is 11.3 Å². The zero-order chi connectivity index (χ0) is 12.8. The molecule has 0 spiro atoms. The van der Waals surface area contributed by atoms with Gasteiger partial charge in [-0.25, -0.2) is 0 Å². The number of rotatable bonds is 6. The van der Waals surface area contributed by atoms with Crippen LogP contribution in [0.4, 0.5) is 0 Å². The number of ether oxygens (including phenoxy) is 2. The second-order valence-electron chi connectivity index (χ2n) is 3.82. The summed E-state index contributed by atoms with van der Waals surface area (Å²) in [6, 6.07) is 1.94. The van der Waals surface area contributed by atoms with Crippen LogP contribution in [0.5, 0.6) is 11.5 Å². The largest absolute Gasteiger partial charge is 0.496 e. The summed E-state index contributed by atoms with van der Waals surface area (Å²) in [5, 5.41) is 3.02. The molecule has 0 aliphatic heterocycles. The Labute approximate surface area is 102 Å². The van der Waals surface area contributed by atoms with Crippen molar-refractivity contribution in [1.29, 1.82) is 0 Å². The molecule has 0 amide bonds. The van der Waals surface area contributed by atoms with Gasteiger partial charge in [0, 0.05) is 12.1 Å². The molecule has 0 heterocycles. The van der Waals surface area contributed by atoms with Crippen LogP contribution in [-0.4, -0.2) is 27.1 Å². The van der Waals surface area contributed by atoms with Crippen molar-refractivity contribution in [2.75, 3.05) is 20.8 Å². The molecule has 0 saturated carbocycles. The van der Waals surface area contributed by atoms with E-state index in [0.717, 1.165) is 34.5 Å². The van der Waals surface area contributed by atoms with Crippen LogP contribution < -0.4 is 14.8 Å². The van der Waals surface area contributed by atoms with Crippen molar-refractivity contribution >= 4 is 6.29 Å². The Hall–Kier alpha value is -1.55. The fourth-order valence-electron chi connectivity index (χ4n) is 1.82. The smallest absolute Gasteiger partial charge is 0.133 e. The predicted molar refractivity (Wildman–Crippen MR) is 66.8 cm³/mol. The van der Waals surface area contributed by atoms with Gasteiger partial charge in [-0.2, -0.15) is 0 Å². The molecule has 1 aromatic carbocycles. The number of carbonyl (C=O) groups is 1. The van der Waals surface area contributed by atoms with Gasteiger partial charge in [0.05, 0.1) is 20.8 Å². The number of carbonyl (C=O) groups excluding carboxylic acids is 1. The third-order valence-corrected chi connectivity index (χ3v) is 2.84. The average molecular weight is 237 g/mol. The van der Waals surface area contributed by atoms with Gasteiger partial charge >= 0.3 is 0 Å². The maximum Gasteiger partial charge on any atom is 0.133 e. The summed E-state index contributed by atoms with van der Waals surface area (Å²) in [5.74, 6) is 1.69. The monoisotopic (exact) mass is 237 g/mol. The van der Waals surface area contributed by atoms with Gasteiger partial charge in [-0.15, -0.1) is 0 Å². The van der Waals surface area contributed by atoms with Crippen molar-refractivity contribution in [3.63, 3.8) is 0 Å². The van der Waals surface area contributed by atoms with Gasteiger partial charge in [-0.1, -0.05) is 0 Å². The number of nitrogens with one attached hydrogen (secondary N) is 1. The van der Waals surface area contributed by atoms with Crippen LogP contribution in [0.15, 0.2) is 6.07 Å². The minimum atomic E-state index is 0.332. The summed E-state index contributed by atoms with van der Waals surface area (Å²) in [5.41, 5.74) is 3.13. The highest BCUT2D eigenvalue weighted by atomic mass is 16.5. The normalized spacial score (nSPS) is 10.1. The van der Waals surface area contributed by atoms with Gasteiger partial charge < -0.3 is 19.6 Å². The van der Waals surface area contributed by atoms with E-state index in [1.807, 2.05) is 19.9 Å². The summed E-state index contributed by atoms with van der Waals surface area (Å²) in [6.45, 7) is 4.91. The molecule has 0 unspecified atom stereocenters. The van der Waals surface area contributed by atoms with Gasteiger partial charge in [0.1, 0.15) is 17.8 Å². The van der Waals surface area contributed by atoms with Gasteiger partial charge in [0.25, 0.3) is 0 Å². The minimum absolute atomic E-state index is 0.332. The van der Waals surface area contributed by atoms with Crippen LogP contribution in [0.3, 0.4) is 0 Å². The molecule has 0 aliphatic rings. The highest BCUT2D eigenvalue weighted by molar-refractivity contribution is 5.54. The molecule has 4 nitrogen and oxygen atoms in total. The lowest BCUT2D eigenvalue weighted by Gasteiger charge is -2.16. The summed E-state index contributed by atoms with van der Waals surface area (Å²) >= 11 is 0. The zero-order valence-electron chi connectivity index (χ0n) is 10.8. The molecule has 0 fully saturated rings. The molecule has 0 saturated heterocycles. The van der Waals surface area contributed by atoms with E-state index in [1.54, 1.807) is 14.2 Å². The number of methoxy groups -OCH3 is 2. The Morgan fingerprint density at radius 3 is 2.47 bits per heavy atom. The molecule has 1 N–H and O–H groups in total. The van der Waals surface area contributed by atoms with E-state index in [-0.39, 0.29) is 0 Å². The summed E-state index contributed by atoms with van der Waals surface area (Å²) in [4.78, 5) is 10.3. The third-order valence-electron chi connectivity index (χ3n) is 2.84. The Morgan fingerprint density at radius 1 is 1.24 bits per heavy atom. The van der Waals surface area contributed by atoms with Gasteiger partial charge in [-0.05, 0) is 31.0 Å². The van der Waals surface area contributed by atoms with Crippen molar-refractivity contribution in [1.82, 2.24) is 5.32 Å². The first-order valence-corrected chi connectivity index (χ1v) is 5.51. The maximum atomic E-state index is 10.3. The molecule has 0 radical (unpaired) electrons. The van der Waals surface area contributed by atoms with Crippen LogP contribution in [0, 0.1) is 13.8 Å². The number of aldehydes is 1. The molecule has 1 rings (SSSR count). The van der Waals surface area contributed by atoms with Crippen molar-refractivity contribution in [2.45, 2.75) is 20.4 Å². The van der Waals surface area contributed by atoms with Crippen LogP contribution in [0.2, 0.25) is 0 Å². The lowest BCUT2D eigenvalue weighted by molar-refractivity contribution is -0.107. The van der Waals surface area contributed by atoms with Crippen LogP contribution in [0.25, 0.3) is 0 Å². The molecular formula is C13H19NO3. The highest BCUT2D eigenvalue weighted by Crippen LogP contribution is 2.33. The van der Waals surface area contributed by atoms with E-state index in [2.05, 4.69) is 5.32 Å². The highest BCUT2D eigenvalue weighted by Gasteiger charge is 2.13. The average Bonchev–Trinajstić information content (AvgIpc) is 2.34. The molecular weight excluding hydrogens is 218 g/mol. The first-order chi connectivity index (χ1) is 8.15. The van der Waals surface area contributed by atoms with Crippen LogP contribution >= 0.6 is 0 Å². The summed E-state index contributed by atoms with van der Waals surface area (Å²) in [7, 11) is 3.30. The van der Waals surface area contributed by atoms with E-state index in [4.69, 9.17) is 9.47 Å². The van der Waals surface area contributed by atoms with Crippen molar-refractivity contribution in [3.05, 3.63) is 22.8 Å². The minimum Gasteiger partial charge on any atom is -0.496 e. The summed E-state index contributed by atoms with van der Waals surface area (Å²) < 4.78 is 10.7. The van der Waals surface area contributed by atoms with E-state index < -0.39 is 0 Å². The Balaban J connectivity index is 3.08. The van der Waals surface area contributed by atoms with Crippen molar-refractivity contribution in [3.8, 4) is 11.5 Å². The lowest BCUT2D eigenvalue weighted by Crippen LogP contribution is -2.16. The van der Waals surface area contributed by atoms with E-state index in [0.29, 0.717) is 13.1 Å². The van der Waals surface area contributed by atoms with E-state index >= 15 is 0 Å².